The third kappa shape index (κ3) is 7.34. The number of esters is 1. The fourth-order valence-electron chi connectivity index (χ4n) is 2.62. The summed E-state index contributed by atoms with van der Waals surface area (Å²) in [5.41, 5.74) is 3.42. The van der Waals surface area contributed by atoms with Crippen LogP contribution in [0.25, 0.3) is 0 Å². The van der Waals surface area contributed by atoms with Gasteiger partial charge in [0.1, 0.15) is 5.75 Å². The molecule has 1 N–H and O–H groups in total. The smallest absolute Gasteiger partial charge is 0.343 e. The third-order valence-electron chi connectivity index (χ3n) is 4.15. The summed E-state index contributed by atoms with van der Waals surface area (Å²) in [5, 5.41) is 4.33. The van der Waals surface area contributed by atoms with Gasteiger partial charge in [-0.05, 0) is 67.1 Å². The number of para-hydroxylation sites is 1. The van der Waals surface area contributed by atoms with Gasteiger partial charge in [-0.2, -0.15) is 5.10 Å². The van der Waals surface area contributed by atoms with Crippen molar-refractivity contribution in [2.24, 2.45) is 5.10 Å². The summed E-state index contributed by atoms with van der Waals surface area (Å²) in [6, 6.07) is 18.6. The summed E-state index contributed by atoms with van der Waals surface area (Å²) in [7, 11) is 0. The van der Waals surface area contributed by atoms with Gasteiger partial charge in [0.25, 0.3) is 5.91 Å². The van der Waals surface area contributed by atoms with Crippen LogP contribution in [0.2, 0.25) is 5.02 Å². The normalized spacial score (nSPS) is 10.6. The highest BCUT2D eigenvalue weighted by Gasteiger charge is 2.13. The zero-order chi connectivity index (χ0) is 23.6. The van der Waals surface area contributed by atoms with Crippen LogP contribution in [0.3, 0.4) is 0 Å². The first-order chi connectivity index (χ1) is 16.0. The Morgan fingerprint density at radius 3 is 2.48 bits per heavy atom. The van der Waals surface area contributed by atoms with E-state index in [1.54, 1.807) is 66.7 Å². The minimum atomic E-state index is -0.504. The molecule has 0 aromatic heterocycles. The molecule has 0 radical (unpaired) electrons. The molecule has 33 heavy (non-hydrogen) atoms. The Balaban J connectivity index is 1.60. The van der Waals surface area contributed by atoms with E-state index in [2.05, 4.69) is 26.5 Å². The number of nitrogens with one attached hydrogen (secondary N) is 1. The minimum absolute atomic E-state index is 0.240. The summed E-state index contributed by atoms with van der Waals surface area (Å²) in [6.45, 7) is 1.95. The topological polar surface area (TPSA) is 86.2 Å². The molecule has 0 atom stereocenters. The molecule has 0 aliphatic carbocycles. The number of carbonyl (C=O) groups excluding carboxylic acids is 2. The molecule has 0 aliphatic rings. The summed E-state index contributed by atoms with van der Waals surface area (Å²) in [4.78, 5) is 24.4. The number of nitrogens with zero attached hydrogens (tertiary/aromatic N) is 1. The second kappa shape index (κ2) is 12.0. The lowest BCUT2D eigenvalue weighted by Gasteiger charge is -2.11. The van der Waals surface area contributed by atoms with E-state index in [1.165, 1.54) is 6.21 Å². The molecule has 9 heteroatoms. The van der Waals surface area contributed by atoms with Gasteiger partial charge in [0.2, 0.25) is 0 Å². The van der Waals surface area contributed by atoms with Crippen LogP contribution in [0, 0.1) is 0 Å². The first kappa shape index (κ1) is 24.3. The molecule has 1 amide bonds. The lowest BCUT2D eigenvalue weighted by Crippen LogP contribution is -2.24. The standard InChI is InChI=1S/C24H20BrClN2O5/c1-2-31-22-13-16(7-12-21(22)33-24(30)17-8-10-18(25)11-9-17)14-27-28-23(29)15-32-20-6-4-3-5-19(20)26/h3-14H,2,15H2,1H3,(H,28,29)/b27-14-. The SMILES string of the molecule is CCOc1cc(/C=N\NC(=O)COc2ccccc2Cl)ccc1OC(=O)c1ccc(Br)cc1. The van der Waals surface area contributed by atoms with E-state index in [4.69, 9.17) is 25.8 Å². The number of amides is 1. The maximum Gasteiger partial charge on any atom is 0.343 e. The highest BCUT2D eigenvalue weighted by atomic mass is 79.9. The maximum atomic E-state index is 12.4. The molecule has 0 spiro atoms. The molecule has 3 aromatic carbocycles. The van der Waals surface area contributed by atoms with E-state index < -0.39 is 11.9 Å². The molecule has 0 aliphatic heterocycles. The molecular weight excluding hydrogens is 512 g/mol. The fraction of sp³-hybridized carbons (Fsp3) is 0.125. The Morgan fingerprint density at radius 2 is 1.76 bits per heavy atom. The largest absolute Gasteiger partial charge is 0.490 e. The van der Waals surface area contributed by atoms with Gasteiger partial charge in [-0.3, -0.25) is 4.79 Å². The van der Waals surface area contributed by atoms with Crippen molar-refractivity contribution < 1.29 is 23.8 Å². The van der Waals surface area contributed by atoms with E-state index in [0.29, 0.717) is 34.3 Å². The van der Waals surface area contributed by atoms with Crippen LogP contribution >= 0.6 is 27.5 Å². The molecule has 7 nitrogen and oxygen atoms in total. The second-order valence-corrected chi connectivity index (χ2v) is 7.87. The zero-order valence-corrected chi connectivity index (χ0v) is 19.9. The first-order valence-electron chi connectivity index (χ1n) is 9.90. The minimum Gasteiger partial charge on any atom is -0.490 e. The van der Waals surface area contributed by atoms with Crippen LogP contribution in [0.4, 0.5) is 0 Å². The van der Waals surface area contributed by atoms with Gasteiger partial charge >= 0.3 is 5.97 Å². The number of halogens is 2. The molecule has 0 saturated heterocycles. The molecular formula is C24H20BrClN2O5. The van der Waals surface area contributed by atoms with Gasteiger partial charge in [0, 0.05) is 4.47 Å². The summed E-state index contributed by atoms with van der Waals surface area (Å²) >= 11 is 9.32. The van der Waals surface area contributed by atoms with Gasteiger partial charge in [0.05, 0.1) is 23.4 Å². The summed E-state index contributed by atoms with van der Waals surface area (Å²) < 4.78 is 17.3. The van der Waals surface area contributed by atoms with E-state index in [9.17, 15) is 9.59 Å². The van der Waals surface area contributed by atoms with Gasteiger partial charge in [-0.15, -0.1) is 0 Å². The molecule has 0 fully saturated rings. The van der Waals surface area contributed by atoms with Crippen molar-refractivity contribution in [2.75, 3.05) is 13.2 Å². The van der Waals surface area contributed by atoms with E-state index in [0.717, 1.165) is 4.47 Å². The van der Waals surface area contributed by atoms with Crippen molar-refractivity contribution in [3.63, 3.8) is 0 Å². The van der Waals surface area contributed by atoms with Crippen LogP contribution in [0.15, 0.2) is 76.3 Å². The molecule has 3 rings (SSSR count). The number of benzene rings is 3. The number of carbonyl (C=O) groups is 2. The monoisotopic (exact) mass is 530 g/mol. The van der Waals surface area contributed by atoms with E-state index in [1.807, 2.05) is 6.92 Å². The van der Waals surface area contributed by atoms with Gasteiger partial charge in [0.15, 0.2) is 18.1 Å². The van der Waals surface area contributed by atoms with Crippen molar-refractivity contribution in [3.8, 4) is 17.2 Å². The highest BCUT2D eigenvalue weighted by molar-refractivity contribution is 9.10. The van der Waals surface area contributed by atoms with Crippen molar-refractivity contribution >= 4 is 45.6 Å². The van der Waals surface area contributed by atoms with Crippen molar-refractivity contribution in [3.05, 3.63) is 87.4 Å². The molecule has 0 saturated carbocycles. The lowest BCUT2D eigenvalue weighted by atomic mass is 10.2. The maximum absolute atomic E-state index is 12.4. The number of hydrogen-bond donors (Lipinski definition) is 1. The molecule has 0 bridgehead atoms. The van der Waals surface area contributed by atoms with Gasteiger partial charge < -0.3 is 14.2 Å². The van der Waals surface area contributed by atoms with Gasteiger partial charge in [-0.1, -0.05) is 39.7 Å². The predicted molar refractivity (Wildman–Crippen MR) is 129 cm³/mol. The Morgan fingerprint density at radius 1 is 1.00 bits per heavy atom. The molecule has 170 valence electrons. The molecule has 0 unspecified atom stereocenters. The zero-order valence-electron chi connectivity index (χ0n) is 17.6. The number of rotatable bonds is 9. The predicted octanol–water partition coefficient (Wildman–Crippen LogP) is 5.25. The van der Waals surface area contributed by atoms with Crippen LogP contribution in [0.1, 0.15) is 22.8 Å². The summed E-state index contributed by atoms with van der Waals surface area (Å²) in [6.07, 6.45) is 1.44. The average Bonchev–Trinajstić information content (AvgIpc) is 2.80. The summed E-state index contributed by atoms with van der Waals surface area (Å²) in [5.74, 6) is 0.110. The molecule has 0 heterocycles. The Bertz CT molecular complexity index is 1150. The Kier molecular flexibility index (Phi) is 8.86. The van der Waals surface area contributed by atoms with E-state index in [-0.39, 0.29) is 12.4 Å². The number of hydrazone groups is 1. The van der Waals surface area contributed by atoms with Crippen LogP contribution in [-0.4, -0.2) is 31.3 Å². The number of hydrogen-bond acceptors (Lipinski definition) is 6. The van der Waals surface area contributed by atoms with Crippen molar-refractivity contribution in [2.45, 2.75) is 6.92 Å². The van der Waals surface area contributed by atoms with Crippen LogP contribution < -0.4 is 19.6 Å². The molecule has 3 aromatic rings. The van der Waals surface area contributed by atoms with Crippen LogP contribution in [-0.2, 0) is 4.79 Å². The highest BCUT2D eigenvalue weighted by Crippen LogP contribution is 2.29. The first-order valence-corrected chi connectivity index (χ1v) is 11.1. The third-order valence-corrected chi connectivity index (χ3v) is 4.99. The van der Waals surface area contributed by atoms with E-state index >= 15 is 0 Å². The van der Waals surface area contributed by atoms with Crippen LogP contribution in [0.5, 0.6) is 17.2 Å². The quantitative estimate of drug-likeness (QED) is 0.176. The second-order valence-electron chi connectivity index (χ2n) is 6.55. The fourth-order valence-corrected chi connectivity index (χ4v) is 3.07. The van der Waals surface area contributed by atoms with Gasteiger partial charge in [-0.25, -0.2) is 10.2 Å². The van der Waals surface area contributed by atoms with Crippen molar-refractivity contribution in [1.82, 2.24) is 5.43 Å². The van der Waals surface area contributed by atoms with Crippen molar-refractivity contribution in [1.29, 1.82) is 0 Å². The Hall–Kier alpha value is -3.36. The average molecular weight is 532 g/mol. The lowest BCUT2D eigenvalue weighted by molar-refractivity contribution is -0.123. The Labute approximate surface area is 204 Å². The number of ether oxygens (including phenoxy) is 3.